The van der Waals surface area contributed by atoms with Crippen LogP contribution >= 0.6 is 11.8 Å². The van der Waals surface area contributed by atoms with Crippen LogP contribution in [0, 0.1) is 5.41 Å². The fourth-order valence-electron chi connectivity index (χ4n) is 0.833. The van der Waals surface area contributed by atoms with E-state index < -0.39 is 11.4 Å². The maximum absolute atomic E-state index is 10.9. The SMILES string of the molecule is CC(C)(CSc1nc(N)cc(N)n1)C(=O)O. The van der Waals surface area contributed by atoms with Crippen molar-refractivity contribution >= 4 is 29.4 Å². The Morgan fingerprint density at radius 1 is 1.44 bits per heavy atom. The van der Waals surface area contributed by atoms with Crippen molar-refractivity contribution in [2.75, 3.05) is 17.2 Å². The molecule has 0 amide bonds. The highest BCUT2D eigenvalue weighted by molar-refractivity contribution is 7.99. The number of aliphatic carboxylic acids is 1. The first-order valence-electron chi connectivity index (χ1n) is 4.57. The third-order valence-electron chi connectivity index (χ3n) is 1.89. The minimum Gasteiger partial charge on any atom is -0.481 e. The number of hydrogen-bond acceptors (Lipinski definition) is 6. The first kappa shape index (κ1) is 12.6. The lowest BCUT2D eigenvalue weighted by Gasteiger charge is -2.17. The molecule has 7 heteroatoms. The number of rotatable bonds is 4. The molecule has 16 heavy (non-hydrogen) atoms. The Balaban J connectivity index is 2.71. The first-order valence-corrected chi connectivity index (χ1v) is 5.56. The summed E-state index contributed by atoms with van der Waals surface area (Å²) in [7, 11) is 0. The lowest BCUT2D eigenvalue weighted by Crippen LogP contribution is -2.26. The minimum absolute atomic E-state index is 0.281. The summed E-state index contributed by atoms with van der Waals surface area (Å²) in [5.41, 5.74) is 10.2. The van der Waals surface area contributed by atoms with Gasteiger partial charge in [-0.15, -0.1) is 0 Å². The minimum atomic E-state index is -0.864. The zero-order valence-electron chi connectivity index (χ0n) is 9.10. The Kier molecular flexibility index (Phi) is 3.58. The number of carboxylic acids is 1. The van der Waals surface area contributed by atoms with Gasteiger partial charge in [0, 0.05) is 11.8 Å². The molecule has 0 unspecified atom stereocenters. The van der Waals surface area contributed by atoms with Gasteiger partial charge in [0.05, 0.1) is 5.41 Å². The summed E-state index contributed by atoms with van der Waals surface area (Å²) in [5, 5.41) is 9.32. The lowest BCUT2D eigenvalue weighted by molar-refractivity contribution is -0.145. The molecule has 0 atom stereocenters. The van der Waals surface area contributed by atoms with Gasteiger partial charge >= 0.3 is 5.97 Å². The largest absolute Gasteiger partial charge is 0.481 e. The number of anilines is 2. The number of nitrogen functional groups attached to an aromatic ring is 2. The van der Waals surface area contributed by atoms with E-state index in [1.54, 1.807) is 13.8 Å². The Morgan fingerprint density at radius 2 is 1.94 bits per heavy atom. The lowest BCUT2D eigenvalue weighted by atomic mass is 9.97. The summed E-state index contributed by atoms with van der Waals surface area (Å²) in [5.74, 6) is 0.0498. The molecule has 0 spiro atoms. The Labute approximate surface area is 97.5 Å². The zero-order valence-corrected chi connectivity index (χ0v) is 9.91. The summed E-state index contributed by atoms with van der Waals surface area (Å²) < 4.78 is 0. The van der Waals surface area contributed by atoms with Gasteiger partial charge in [0.15, 0.2) is 5.16 Å². The van der Waals surface area contributed by atoms with E-state index in [4.69, 9.17) is 16.6 Å². The summed E-state index contributed by atoms with van der Waals surface area (Å²) in [4.78, 5) is 18.8. The molecule has 0 aromatic carbocycles. The predicted octanol–water partition coefficient (Wildman–Crippen LogP) is 0.844. The fraction of sp³-hybridized carbons (Fsp3) is 0.444. The molecule has 0 saturated carbocycles. The second-order valence-electron chi connectivity index (χ2n) is 3.98. The van der Waals surface area contributed by atoms with Crippen molar-refractivity contribution < 1.29 is 9.90 Å². The molecule has 1 heterocycles. The number of hydrogen-bond donors (Lipinski definition) is 3. The zero-order chi connectivity index (χ0) is 12.3. The number of carboxylic acid groups (broad SMARTS) is 1. The van der Waals surface area contributed by atoms with Crippen LogP contribution in [0.1, 0.15) is 13.8 Å². The Hall–Kier alpha value is -1.50. The molecule has 88 valence electrons. The van der Waals surface area contributed by atoms with Gasteiger partial charge in [-0.3, -0.25) is 4.79 Å². The average Bonchev–Trinajstić information content (AvgIpc) is 2.13. The molecule has 5 N–H and O–H groups in total. The van der Waals surface area contributed by atoms with Crippen LogP contribution in [0.5, 0.6) is 0 Å². The number of aromatic nitrogens is 2. The van der Waals surface area contributed by atoms with Crippen molar-refractivity contribution in [1.82, 2.24) is 9.97 Å². The van der Waals surface area contributed by atoms with E-state index in [9.17, 15) is 4.79 Å². The molecule has 0 aliphatic carbocycles. The van der Waals surface area contributed by atoms with Crippen LogP contribution in [0.15, 0.2) is 11.2 Å². The van der Waals surface area contributed by atoms with Gasteiger partial charge < -0.3 is 16.6 Å². The second kappa shape index (κ2) is 4.56. The van der Waals surface area contributed by atoms with Crippen LogP contribution in [-0.2, 0) is 4.79 Å². The topological polar surface area (TPSA) is 115 Å². The molecule has 0 bridgehead atoms. The molecular formula is C9H14N4O2S. The van der Waals surface area contributed by atoms with Gasteiger partial charge in [0.2, 0.25) is 0 Å². The van der Waals surface area contributed by atoms with Gasteiger partial charge in [-0.05, 0) is 13.8 Å². The molecule has 0 saturated heterocycles. The molecule has 0 fully saturated rings. The van der Waals surface area contributed by atoms with Gasteiger partial charge in [-0.1, -0.05) is 11.8 Å². The third kappa shape index (κ3) is 3.27. The summed E-state index contributed by atoms with van der Waals surface area (Å²) in [6.07, 6.45) is 0. The molecule has 0 aliphatic heterocycles. The van der Waals surface area contributed by atoms with E-state index in [0.717, 1.165) is 0 Å². The van der Waals surface area contributed by atoms with Crippen LogP contribution in [0.4, 0.5) is 11.6 Å². The third-order valence-corrected chi connectivity index (χ3v) is 3.19. The summed E-state index contributed by atoms with van der Waals surface area (Å²) >= 11 is 1.22. The fourth-order valence-corrected chi connectivity index (χ4v) is 1.79. The quantitative estimate of drug-likeness (QED) is 0.529. The predicted molar refractivity (Wildman–Crippen MR) is 63.0 cm³/mol. The van der Waals surface area contributed by atoms with Crippen LogP contribution in [0.25, 0.3) is 0 Å². The smallest absolute Gasteiger partial charge is 0.309 e. The molecule has 0 radical (unpaired) electrons. The molecular weight excluding hydrogens is 228 g/mol. The average molecular weight is 242 g/mol. The summed E-state index contributed by atoms with van der Waals surface area (Å²) in [6, 6.07) is 1.45. The first-order chi connectivity index (χ1) is 7.31. The Bertz CT molecular complexity index is 388. The number of nitrogens with zero attached hydrogens (tertiary/aromatic N) is 2. The second-order valence-corrected chi connectivity index (χ2v) is 4.92. The van der Waals surface area contributed by atoms with Crippen LogP contribution in [0.2, 0.25) is 0 Å². The van der Waals surface area contributed by atoms with Crippen molar-refractivity contribution in [1.29, 1.82) is 0 Å². The highest BCUT2D eigenvalue weighted by atomic mass is 32.2. The molecule has 1 rings (SSSR count). The molecule has 0 aliphatic rings. The van der Waals surface area contributed by atoms with Gasteiger partial charge in [0.1, 0.15) is 11.6 Å². The van der Waals surface area contributed by atoms with E-state index in [-0.39, 0.29) is 11.6 Å². The summed E-state index contributed by atoms with van der Waals surface area (Å²) in [6.45, 7) is 3.27. The van der Waals surface area contributed by atoms with E-state index in [0.29, 0.717) is 10.9 Å². The van der Waals surface area contributed by atoms with E-state index >= 15 is 0 Å². The number of carbonyl (C=O) groups is 1. The van der Waals surface area contributed by atoms with E-state index in [1.807, 2.05) is 0 Å². The maximum atomic E-state index is 10.9. The molecule has 1 aromatic heterocycles. The monoisotopic (exact) mass is 242 g/mol. The van der Waals surface area contributed by atoms with Crippen molar-refractivity contribution in [3.8, 4) is 0 Å². The van der Waals surface area contributed by atoms with Crippen molar-refractivity contribution in [2.45, 2.75) is 19.0 Å². The van der Waals surface area contributed by atoms with Gasteiger partial charge in [-0.25, -0.2) is 9.97 Å². The van der Waals surface area contributed by atoms with Crippen molar-refractivity contribution in [3.63, 3.8) is 0 Å². The van der Waals surface area contributed by atoms with Crippen molar-refractivity contribution in [3.05, 3.63) is 6.07 Å². The highest BCUT2D eigenvalue weighted by Gasteiger charge is 2.27. The van der Waals surface area contributed by atoms with Crippen LogP contribution in [0.3, 0.4) is 0 Å². The molecule has 1 aromatic rings. The van der Waals surface area contributed by atoms with Gasteiger partial charge in [0.25, 0.3) is 0 Å². The standard InChI is InChI=1S/C9H14N4O2S/c1-9(2,7(14)15)4-16-8-12-5(10)3-6(11)13-8/h3H,4H2,1-2H3,(H,14,15)(H4,10,11,12,13). The van der Waals surface area contributed by atoms with E-state index in [1.165, 1.54) is 17.8 Å². The van der Waals surface area contributed by atoms with Gasteiger partial charge in [-0.2, -0.15) is 0 Å². The highest BCUT2D eigenvalue weighted by Crippen LogP contribution is 2.26. The number of nitrogens with two attached hydrogens (primary N) is 2. The normalized spacial score (nSPS) is 11.4. The molecule has 6 nitrogen and oxygen atoms in total. The van der Waals surface area contributed by atoms with E-state index in [2.05, 4.69) is 9.97 Å². The van der Waals surface area contributed by atoms with Crippen LogP contribution < -0.4 is 11.5 Å². The number of thioether (sulfide) groups is 1. The van der Waals surface area contributed by atoms with Crippen molar-refractivity contribution in [2.24, 2.45) is 5.41 Å². The van der Waals surface area contributed by atoms with Crippen LogP contribution in [-0.4, -0.2) is 26.8 Å². The Morgan fingerprint density at radius 3 is 2.38 bits per heavy atom. The maximum Gasteiger partial charge on any atom is 0.309 e.